The number of halogens is 1. The van der Waals surface area contributed by atoms with Gasteiger partial charge in [-0.05, 0) is 25.5 Å². The SMILES string of the molecule is Cl.c1cc(C2CCCCN2)ncn1. The molecule has 1 fully saturated rings. The van der Waals surface area contributed by atoms with Crippen molar-refractivity contribution in [1.82, 2.24) is 15.3 Å². The molecule has 72 valence electrons. The summed E-state index contributed by atoms with van der Waals surface area (Å²) in [5, 5.41) is 3.45. The van der Waals surface area contributed by atoms with E-state index in [2.05, 4.69) is 15.3 Å². The van der Waals surface area contributed by atoms with Crippen LogP contribution in [-0.4, -0.2) is 16.5 Å². The maximum absolute atomic E-state index is 4.23. The summed E-state index contributed by atoms with van der Waals surface area (Å²) in [4.78, 5) is 8.13. The van der Waals surface area contributed by atoms with Gasteiger partial charge in [-0.3, -0.25) is 0 Å². The van der Waals surface area contributed by atoms with Crippen LogP contribution < -0.4 is 5.32 Å². The number of nitrogens with one attached hydrogen (secondary N) is 1. The fourth-order valence-corrected chi connectivity index (χ4v) is 1.61. The van der Waals surface area contributed by atoms with E-state index in [1.165, 1.54) is 19.3 Å². The van der Waals surface area contributed by atoms with Gasteiger partial charge in [0.15, 0.2) is 0 Å². The molecule has 0 radical (unpaired) electrons. The highest BCUT2D eigenvalue weighted by atomic mass is 35.5. The van der Waals surface area contributed by atoms with Crippen LogP contribution in [0.25, 0.3) is 0 Å². The standard InChI is InChI=1S/C9H13N3.ClH/c1-2-5-11-8(3-1)9-4-6-10-7-12-9;/h4,6-8,11H,1-3,5H2;1H. The highest BCUT2D eigenvalue weighted by molar-refractivity contribution is 5.85. The highest BCUT2D eigenvalue weighted by Gasteiger charge is 2.14. The van der Waals surface area contributed by atoms with Crippen molar-refractivity contribution < 1.29 is 0 Å². The van der Waals surface area contributed by atoms with E-state index < -0.39 is 0 Å². The fourth-order valence-electron chi connectivity index (χ4n) is 1.61. The summed E-state index contributed by atoms with van der Waals surface area (Å²) in [6, 6.07) is 2.45. The molecule has 1 aliphatic heterocycles. The molecule has 0 aliphatic carbocycles. The topological polar surface area (TPSA) is 37.8 Å². The van der Waals surface area contributed by atoms with Gasteiger partial charge in [-0.2, -0.15) is 0 Å². The van der Waals surface area contributed by atoms with Gasteiger partial charge in [0.05, 0.1) is 5.69 Å². The van der Waals surface area contributed by atoms with Crippen molar-refractivity contribution in [3.8, 4) is 0 Å². The molecule has 1 aliphatic rings. The summed E-state index contributed by atoms with van der Waals surface area (Å²) < 4.78 is 0. The van der Waals surface area contributed by atoms with Crippen LogP contribution in [0.2, 0.25) is 0 Å². The summed E-state index contributed by atoms with van der Waals surface area (Å²) in [6.45, 7) is 1.12. The number of hydrogen-bond acceptors (Lipinski definition) is 3. The number of rotatable bonds is 1. The van der Waals surface area contributed by atoms with Crippen molar-refractivity contribution in [2.75, 3.05) is 6.54 Å². The predicted molar refractivity (Wildman–Crippen MR) is 53.9 cm³/mol. The molecule has 1 aromatic heterocycles. The molecule has 3 nitrogen and oxygen atoms in total. The molecule has 0 amide bonds. The molecule has 1 atom stereocenters. The van der Waals surface area contributed by atoms with Gasteiger partial charge < -0.3 is 5.32 Å². The summed E-state index contributed by atoms with van der Waals surface area (Å²) in [5.74, 6) is 0. The summed E-state index contributed by atoms with van der Waals surface area (Å²) in [6.07, 6.45) is 7.23. The molecule has 2 heterocycles. The van der Waals surface area contributed by atoms with E-state index in [1.807, 2.05) is 6.07 Å². The number of hydrogen-bond donors (Lipinski definition) is 1. The van der Waals surface area contributed by atoms with Crippen molar-refractivity contribution in [2.24, 2.45) is 0 Å². The maximum atomic E-state index is 4.23. The van der Waals surface area contributed by atoms with Crippen molar-refractivity contribution in [1.29, 1.82) is 0 Å². The molecule has 1 saturated heterocycles. The Bertz CT molecular complexity index is 234. The van der Waals surface area contributed by atoms with E-state index in [4.69, 9.17) is 0 Å². The van der Waals surface area contributed by atoms with Gasteiger partial charge in [0.2, 0.25) is 0 Å². The minimum atomic E-state index is 0. The molecule has 4 heteroatoms. The van der Waals surface area contributed by atoms with Gasteiger partial charge in [0.25, 0.3) is 0 Å². The van der Waals surface area contributed by atoms with E-state index in [0.717, 1.165) is 12.2 Å². The van der Waals surface area contributed by atoms with Crippen LogP contribution in [0, 0.1) is 0 Å². The third-order valence-electron chi connectivity index (χ3n) is 2.27. The van der Waals surface area contributed by atoms with Crippen LogP contribution in [0.4, 0.5) is 0 Å². The zero-order chi connectivity index (χ0) is 8.23. The van der Waals surface area contributed by atoms with Gasteiger partial charge in [-0.1, -0.05) is 6.42 Å². The molecule has 1 aromatic rings. The second-order valence-electron chi connectivity index (χ2n) is 3.14. The first-order valence-corrected chi connectivity index (χ1v) is 4.46. The molecule has 1 N–H and O–H groups in total. The minimum Gasteiger partial charge on any atom is -0.309 e. The number of piperidine rings is 1. The molecule has 0 bridgehead atoms. The molecule has 1 unspecified atom stereocenters. The smallest absolute Gasteiger partial charge is 0.115 e. The molecule has 0 aromatic carbocycles. The van der Waals surface area contributed by atoms with Crippen molar-refractivity contribution in [3.05, 3.63) is 24.3 Å². The van der Waals surface area contributed by atoms with Gasteiger partial charge in [-0.25, -0.2) is 9.97 Å². The fraction of sp³-hybridized carbons (Fsp3) is 0.556. The van der Waals surface area contributed by atoms with Gasteiger partial charge in [-0.15, -0.1) is 12.4 Å². The van der Waals surface area contributed by atoms with Gasteiger partial charge >= 0.3 is 0 Å². The normalized spacial score (nSPS) is 22.0. The quantitative estimate of drug-likeness (QED) is 0.749. The minimum absolute atomic E-state index is 0. The van der Waals surface area contributed by atoms with E-state index in [9.17, 15) is 0 Å². The molecule has 2 rings (SSSR count). The Kier molecular flexibility index (Phi) is 4.12. The van der Waals surface area contributed by atoms with E-state index in [0.29, 0.717) is 6.04 Å². The first kappa shape index (κ1) is 10.4. The lowest BCUT2D eigenvalue weighted by Gasteiger charge is -2.22. The third-order valence-corrected chi connectivity index (χ3v) is 2.27. The lowest BCUT2D eigenvalue weighted by atomic mass is 10.0. The predicted octanol–water partition coefficient (Wildman–Crippen LogP) is 1.71. The second-order valence-corrected chi connectivity index (χ2v) is 3.14. The average Bonchev–Trinajstić information content (AvgIpc) is 2.21. The van der Waals surface area contributed by atoms with Crippen LogP contribution in [0.5, 0.6) is 0 Å². The van der Waals surface area contributed by atoms with Crippen molar-refractivity contribution >= 4 is 12.4 Å². The molecule has 0 spiro atoms. The average molecular weight is 200 g/mol. The summed E-state index contributed by atoms with van der Waals surface area (Å²) >= 11 is 0. The number of aromatic nitrogens is 2. The Hall–Kier alpha value is -0.670. The zero-order valence-electron chi connectivity index (χ0n) is 7.44. The Morgan fingerprint density at radius 2 is 2.31 bits per heavy atom. The third kappa shape index (κ3) is 2.64. The Labute approximate surface area is 84.4 Å². The van der Waals surface area contributed by atoms with Crippen molar-refractivity contribution in [3.63, 3.8) is 0 Å². The molecular weight excluding hydrogens is 186 g/mol. The summed E-state index contributed by atoms with van der Waals surface area (Å²) in [5.41, 5.74) is 1.13. The van der Waals surface area contributed by atoms with Gasteiger partial charge in [0, 0.05) is 12.2 Å². The zero-order valence-corrected chi connectivity index (χ0v) is 8.26. The Balaban J connectivity index is 0.000000845. The monoisotopic (exact) mass is 199 g/mol. The number of nitrogens with zero attached hydrogens (tertiary/aromatic N) is 2. The van der Waals surface area contributed by atoms with Crippen LogP contribution >= 0.6 is 12.4 Å². The first-order valence-electron chi connectivity index (χ1n) is 4.46. The lowest BCUT2D eigenvalue weighted by Crippen LogP contribution is -2.27. The maximum Gasteiger partial charge on any atom is 0.115 e. The van der Waals surface area contributed by atoms with Crippen LogP contribution in [0.3, 0.4) is 0 Å². The molecule has 0 saturated carbocycles. The summed E-state index contributed by atoms with van der Waals surface area (Å²) in [7, 11) is 0. The van der Waals surface area contributed by atoms with Crippen LogP contribution in [0.1, 0.15) is 31.0 Å². The molecular formula is C9H14ClN3. The van der Waals surface area contributed by atoms with Crippen molar-refractivity contribution in [2.45, 2.75) is 25.3 Å². The lowest BCUT2D eigenvalue weighted by molar-refractivity contribution is 0.405. The van der Waals surface area contributed by atoms with Gasteiger partial charge in [0.1, 0.15) is 6.33 Å². The van der Waals surface area contributed by atoms with E-state index >= 15 is 0 Å². The second kappa shape index (κ2) is 5.14. The Morgan fingerprint density at radius 3 is 2.92 bits per heavy atom. The van der Waals surface area contributed by atoms with Crippen LogP contribution in [0.15, 0.2) is 18.6 Å². The van der Waals surface area contributed by atoms with E-state index in [-0.39, 0.29) is 12.4 Å². The molecule has 13 heavy (non-hydrogen) atoms. The largest absolute Gasteiger partial charge is 0.309 e. The van der Waals surface area contributed by atoms with Crippen LogP contribution in [-0.2, 0) is 0 Å². The Morgan fingerprint density at radius 1 is 1.38 bits per heavy atom. The highest BCUT2D eigenvalue weighted by Crippen LogP contribution is 2.19. The van der Waals surface area contributed by atoms with E-state index in [1.54, 1.807) is 12.5 Å². The first-order chi connectivity index (χ1) is 5.97.